The van der Waals surface area contributed by atoms with Crippen LogP contribution >= 0.6 is 0 Å². The van der Waals surface area contributed by atoms with E-state index in [-0.39, 0.29) is 5.75 Å². The maximum absolute atomic E-state index is 11.9. The zero-order valence-electron chi connectivity index (χ0n) is 11.2. The molecule has 102 valence electrons. The summed E-state index contributed by atoms with van der Waals surface area (Å²) in [4.78, 5) is 0.386. The van der Waals surface area contributed by atoms with Crippen molar-refractivity contribution in [3.05, 3.63) is 24.3 Å². The Labute approximate surface area is 110 Å². The summed E-state index contributed by atoms with van der Waals surface area (Å²) in [6.07, 6.45) is 0. The van der Waals surface area contributed by atoms with Crippen LogP contribution in [0.4, 0.5) is 5.69 Å². The van der Waals surface area contributed by atoms with E-state index in [0.717, 1.165) is 6.54 Å². The van der Waals surface area contributed by atoms with Crippen molar-refractivity contribution in [2.45, 2.75) is 31.7 Å². The molecule has 1 aromatic rings. The smallest absolute Gasteiger partial charge is 0.180 e. The second-order valence-corrected chi connectivity index (χ2v) is 6.68. The summed E-state index contributed by atoms with van der Waals surface area (Å²) in [5.41, 5.74) is 0.685. The van der Waals surface area contributed by atoms with E-state index in [1.165, 1.54) is 0 Å². The van der Waals surface area contributed by atoms with Crippen molar-refractivity contribution in [1.29, 1.82) is 0 Å². The maximum atomic E-state index is 11.9. The first-order valence-electron chi connectivity index (χ1n) is 6.26. The van der Waals surface area contributed by atoms with Crippen molar-refractivity contribution in [2.24, 2.45) is 0 Å². The fourth-order valence-electron chi connectivity index (χ4n) is 1.60. The zero-order chi connectivity index (χ0) is 13.6. The predicted octanol–water partition coefficient (Wildman–Crippen LogP) is 1.89. The molecule has 0 atom stereocenters. The van der Waals surface area contributed by atoms with Crippen molar-refractivity contribution in [3.63, 3.8) is 0 Å². The van der Waals surface area contributed by atoms with E-state index >= 15 is 0 Å². The summed E-state index contributed by atoms with van der Waals surface area (Å²) in [7, 11) is -3.17. The lowest BCUT2D eigenvalue weighted by atomic mass is 10.3. The molecule has 0 saturated heterocycles. The van der Waals surface area contributed by atoms with E-state index in [0.29, 0.717) is 23.2 Å². The molecule has 0 bridgehead atoms. The fourth-order valence-corrected chi connectivity index (χ4v) is 2.67. The third kappa shape index (κ3) is 4.31. The molecule has 1 aromatic carbocycles. The first-order chi connectivity index (χ1) is 8.47. The van der Waals surface area contributed by atoms with Gasteiger partial charge in [-0.1, -0.05) is 32.9 Å². The Hall–Kier alpha value is -1.07. The van der Waals surface area contributed by atoms with Crippen LogP contribution in [0.15, 0.2) is 29.2 Å². The molecule has 5 heteroatoms. The molecule has 0 unspecified atom stereocenters. The average Bonchev–Trinajstić information content (AvgIpc) is 2.35. The normalized spacial score (nSPS) is 11.8. The summed E-state index contributed by atoms with van der Waals surface area (Å²) >= 11 is 0. The van der Waals surface area contributed by atoms with Crippen molar-refractivity contribution in [2.75, 3.05) is 24.2 Å². The molecule has 2 N–H and O–H groups in total. The van der Waals surface area contributed by atoms with Gasteiger partial charge in [-0.15, -0.1) is 0 Å². The Morgan fingerprint density at radius 1 is 1.17 bits per heavy atom. The lowest BCUT2D eigenvalue weighted by molar-refractivity contribution is 0.595. The van der Waals surface area contributed by atoms with Crippen molar-refractivity contribution in [3.8, 4) is 0 Å². The van der Waals surface area contributed by atoms with Crippen LogP contribution in [0.25, 0.3) is 0 Å². The Balaban J connectivity index is 2.72. The molecule has 1 rings (SSSR count). The van der Waals surface area contributed by atoms with Gasteiger partial charge in [-0.3, -0.25) is 0 Å². The Morgan fingerprint density at radius 2 is 1.83 bits per heavy atom. The standard InChI is InChI=1S/C13H22N2O2S/c1-4-18(16,17)13-8-6-5-7-12(13)15-10-9-14-11(2)3/h5-8,11,14-15H,4,9-10H2,1-3H3. The zero-order valence-corrected chi connectivity index (χ0v) is 12.0. The number of hydrogen-bond acceptors (Lipinski definition) is 4. The van der Waals surface area contributed by atoms with E-state index in [9.17, 15) is 8.42 Å². The Bertz CT molecular complexity index is 470. The molecule has 0 heterocycles. The minimum atomic E-state index is -3.17. The molecular weight excluding hydrogens is 248 g/mol. The summed E-state index contributed by atoms with van der Waals surface area (Å²) in [6.45, 7) is 7.32. The number of rotatable bonds is 7. The Kier molecular flexibility index (Phi) is 5.62. The van der Waals surface area contributed by atoms with E-state index in [1.807, 2.05) is 6.07 Å². The van der Waals surface area contributed by atoms with Crippen molar-refractivity contribution >= 4 is 15.5 Å². The van der Waals surface area contributed by atoms with Crippen LogP contribution in [0.1, 0.15) is 20.8 Å². The highest BCUT2D eigenvalue weighted by Gasteiger charge is 2.15. The van der Waals surface area contributed by atoms with Crippen LogP contribution in [-0.4, -0.2) is 33.3 Å². The highest BCUT2D eigenvalue weighted by molar-refractivity contribution is 7.91. The molecular formula is C13H22N2O2S. The third-order valence-electron chi connectivity index (χ3n) is 2.60. The SMILES string of the molecule is CCS(=O)(=O)c1ccccc1NCCNC(C)C. The maximum Gasteiger partial charge on any atom is 0.180 e. The van der Waals surface area contributed by atoms with Gasteiger partial charge in [-0.25, -0.2) is 8.42 Å². The second kappa shape index (κ2) is 6.75. The predicted molar refractivity (Wildman–Crippen MR) is 75.8 cm³/mol. The molecule has 0 aliphatic heterocycles. The van der Waals surface area contributed by atoms with E-state index in [1.54, 1.807) is 25.1 Å². The van der Waals surface area contributed by atoms with E-state index in [4.69, 9.17) is 0 Å². The number of benzene rings is 1. The molecule has 0 radical (unpaired) electrons. The summed E-state index contributed by atoms with van der Waals surface area (Å²) in [5.74, 6) is 0.121. The molecule has 4 nitrogen and oxygen atoms in total. The number of anilines is 1. The number of hydrogen-bond donors (Lipinski definition) is 2. The monoisotopic (exact) mass is 270 g/mol. The fraction of sp³-hybridized carbons (Fsp3) is 0.538. The lowest BCUT2D eigenvalue weighted by Crippen LogP contribution is -2.28. The first kappa shape index (κ1) is 15.0. The van der Waals surface area contributed by atoms with Crippen LogP contribution in [0.2, 0.25) is 0 Å². The van der Waals surface area contributed by atoms with E-state index in [2.05, 4.69) is 24.5 Å². The van der Waals surface area contributed by atoms with Gasteiger partial charge in [-0.2, -0.15) is 0 Å². The third-order valence-corrected chi connectivity index (χ3v) is 4.38. The minimum absolute atomic E-state index is 0.121. The molecule has 0 aliphatic rings. The molecule has 0 amide bonds. The average molecular weight is 270 g/mol. The van der Waals surface area contributed by atoms with Crippen LogP contribution in [0.5, 0.6) is 0 Å². The van der Waals surface area contributed by atoms with Crippen molar-refractivity contribution < 1.29 is 8.42 Å². The minimum Gasteiger partial charge on any atom is -0.383 e. The van der Waals surface area contributed by atoms with Crippen molar-refractivity contribution in [1.82, 2.24) is 5.32 Å². The Morgan fingerprint density at radius 3 is 2.44 bits per heavy atom. The van der Waals surface area contributed by atoms with Gasteiger partial charge in [0, 0.05) is 19.1 Å². The van der Waals surface area contributed by atoms with Crippen LogP contribution in [0, 0.1) is 0 Å². The molecule has 0 fully saturated rings. The van der Waals surface area contributed by atoms with Crippen LogP contribution in [0.3, 0.4) is 0 Å². The second-order valence-electron chi connectivity index (χ2n) is 4.44. The summed E-state index contributed by atoms with van der Waals surface area (Å²) in [6, 6.07) is 7.48. The van der Waals surface area contributed by atoms with Crippen LogP contribution in [-0.2, 0) is 9.84 Å². The topological polar surface area (TPSA) is 58.2 Å². The molecule has 0 saturated carbocycles. The molecule has 0 spiro atoms. The summed E-state index contributed by atoms with van der Waals surface area (Å²) in [5, 5.41) is 6.44. The lowest BCUT2D eigenvalue weighted by Gasteiger charge is -2.13. The van der Waals surface area contributed by atoms with Gasteiger partial charge in [0.25, 0.3) is 0 Å². The molecule has 0 aliphatic carbocycles. The largest absolute Gasteiger partial charge is 0.383 e. The quantitative estimate of drug-likeness (QED) is 0.743. The van der Waals surface area contributed by atoms with Gasteiger partial charge in [0.05, 0.1) is 16.3 Å². The van der Waals surface area contributed by atoms with Gasteiger partial charge < -0.3 is 10.6 Å². The van der Waals surface area contributed by atoms with E-state index < -0.39 is 9.84 Å². The number of nitrogens with one attached hydrogen (secondary N) is 2. The van der Waals surface area contributed by atoms with Gasteiger partial charge in [-0.05, 0) is 12.1 Å². The molecule has 18 heavy (non-hydrogen) atoms. The van der Waals surface area contributed by atoms with Gasteiger partial charge in [0.15, 0.2) is 9.84 Å². The van der Waals surface area contributed by atoms with Gasteiger partial charge >= 0.3 is 0 Å². The van der Waals surface area contributed by atoms with Gasteiger partial charge in [0.2, 0.25) is 0 Å². The number of sulfone groups is 1. The highest BCUT2D eigenvalue weighted by atomic mass is 32.2. The van der Waals surface area contributed by atoms with Gasteiger partial charge in [0.1, 0.15) is 0 Å². The molecule has 0 aromatic heterocycles. The summed E-state index contributed by atoms with van der Waals surface area (Å²) < 4.78 is 23.8. The first-order valence-corrected chi connectivity index (χ1v) is 7.91. The van der Waals surface area contributed by atoms with Crippen LogP contribution < -0.4 is 10.6 Å². The number of para-hydroxylation sites is 1. The highest BCUT2D eigenvalue weighted by Crippen LogP contribution is 2.21.